The van der Waals surface area contributed by atoms with Crippen molar-refractivity contribution in [1.82, 2.24) is 0 Å². The topological polar surface area (TPSA) is 109 Å². The van der Waals surface area contributed by atoms with Crippen LogP contribution in [0.1, 0.15) is 119 Å². The first-order valence-electron chi connectivity index (χ1n) is 18.5. The predicted molar refractivity (Wildman–Crippen MR) is 206 cm³/mol. The van der Waals surface area contributed by atoms with Crippen LogP contribution in [-0.2, 0) is 18.9 Å². The summed E-state index contributed by atoms with van der Waals surface area (Å²) in [6.45, 7) is 9.10. The number of esters is 2. The molecule has 0 heterocycles. The molecule has 5 rings (SSSR count). The summed E-state index contributed by atoms with van der Waals surface area (Å²) in [6, 6.07) is 30.4. The van der Waals surface area contributed by atoms with Gasteiger partial charge in [-0.05, 0) is 84.0 Å². The molecule has 276 valence electrons. The standard InChI is InChI=1S/C44H54N2O6/c1-7-9-27-46-33-25-23-32(24-26-33)43(47)51-40-29(4)39(49-5)36-18-13-12-17-35(36)38(41(50-6)34-16-11-10-15-28(34)3)42(40)52-44(48)31-21-19-30(20-22-31)37(45)14-8-2/h10-13,15-26,29,37-42,46H,7-9,14,27,45H2,1-6H3/t29?,37?,38-,39+,40-,41?,42+/m1/s1. The lowest BCUT2D eigenvalue weighted by Crippen LogP contribution is -2.45. The van der Waals surface area contributed by atoms with Gasteiger partial charge in [0.25, 0.3) is 0 Å². The molecule has 3 unspecified atom stereocenters. The highest BCUT2D eigenvalue weighted by Crippen LogP contribution is 2.49. The second kappa shape index (κ2) is 18.3. The summed E-state index contributed by atoms with van der Waals surface area (Å²) in [4.78, 5) is 28.3. The number of nitrogens with two attached hydrogens (primary N) is 1. The number of carbonyl (C=O) groups is 2. The molecule has 52 heavy (non-hydrogen) atoms. The normalized spacial score (nSPS) is 20.9. The molecular formula is C44H54N2O6. The van der Waals surface area contributed by atoms with Crippen molar-refractivity contribution in [1.29, 1.82) is 0 Å². The highest BCUT2D eigenvalue weighted by Gasteiger charge is 2.50. The number of benzene rings is 4. The highest BCUT2D eigenvalue weighted by atomic mass is 16.6. The van der Waals surface area contributed by atoms with Crippen LogP contribution in [-0.4, -0.2) is 44.9 Å². The van der Waals surface area contributed by atoms with Gasteiger partial charge in [0.1, 0.15) is 12.2 Å². The van der Waals surface area contributed by atoms with Gasteiger partial charge in [-0.1, -0.05) is 94.3 Å². The summed E-state index contributed by atoms with van der Waals surface area (Å²) >= 11 is 0. The summed E-state index contributed by atoms with van der Waals surface area (Å²) in [6.07, 6.45) is 1.02. The van der Waals surface area contributed by atoms with E-state index in [1.54, 1.807) is 38.5 Å². The van der Waals surface area contributed by atoms with Crippen LogP contribution in [0.3, 0.4) is 0 Å². The van der Waals surface area contributed by atoms with Gasteiger partial charge in [0.15, 0.2) is 0 Å². The first-order valence-corrected chi connectivity index (χ1v) is 18.5. The fourth-order valence-electron chi connectivity index (χ4n) is 7.44. The van der Waals surface area contributed by atoms with Crippen LogP contribution in [0.15, 0.2) is 97.1 Å². The molecule has 4 aromatic rings. The van der Waals surface area contributed by atoms with Gasteiger partial charge in [0, 0.05) is 38.4 Å². The number of carbonyl (C=O) groups excluding carboxylic acids is 2. The lowest BCUT2D eigenvalue weighted by atomic mass is 9.80. The average Bonchev–Trinajstić information content (AvgIpc) is 3.25. The minimum Gasteiger partial charge on any atom is -0.454 e. The van der Waals surface area contributed by atoms with Crippen molar-refractivity contribution in [2.24, 2.45) is 11.7 Å². The van der Waals surface area contributed by atoms with Gasteiger partial charge in [0.2, 0.25) is 0 Å². The number of ether oxygens (including phenoxy) is 4. The fourth-order valence-corrected chi connectivity index (χ4v) is 7.44. The SMILES string of the molecule is CCCCNc1ccc(C(=O)O[C@@H]2C(C)[C@H](OC)c3ccccc3[C@H](C(OC)c3ccccc3C)[C@@H]2OC(=O)c2ccc(C(N)CCC)cc2)cc1. The Kier molecular flexibility index (Phi) is 13.6. The largest absolute Gasteiger partial charge is 0.454 e. The zero-order chi connectivity index (χ0) is 37.2. The number of aryl methyl sites for hydroxylation is 1. The smallest absolute Gasteiger partial charge is 0.338 e. The quantitative estimate of drug-likeness (QED) is 0.0716. The minimum atomic E-state index is -0.964. The molecule has 0 spiro atoms. The van der Waals surface area contributed by atoms with E-state index in [1.807, 2.05) is 86.6 Å². The Balaban J connectivity index is 1.60. The van der Waals surface area contributed by atoms with Crippen LogP contribution in [0.25, 0.3) is 0 Å². The Morgan fingerprint density at radius 1 is 0.769 bits per heavy atom. The van der Waals surface area contributed by atoms with Crippen molar-refractivity contribution in [3.8, 4) is 0 Å². The number of hydrogen-bond acceptors (Lipinski definition) is 8. The van der Waals surface area contributed by atoms with E-state index in [9.17, 15) is 9.59 Å². The Labute approximate surface area is 309 Å². The molecule has 7 atom stereocenters. The van der Waals surface area contributed by atoms with E-state index < -0.39 is 48.2 Å². The van der Waals surface area contributed by atoms with Gasteiger partial charge >= 0.3 is 11.9 Å². The third-order valence-electron chi connectivity index (χ3n) is 10.3. The van der Waals surface area contributed by atoms with Crippen LogP contribution in [0.2, 0.25) is 0 Å². The Hall–Kier alpha value is -4.50. The number of nitrogens with one attached hydrogen (secondary N) is 1. The molecule has 4 aromatic carbocycles. The van der Waals surface area contributed by atoms with Crippen LogP contribution in [0.4, 0.5) is 5.69 Å². The monoisotopic (exact) mass is 706 g/mol. The van der Waals surface area contributed by atoms with Crippen molar-refractivity contribution in [2.45, 2.75) is 89.8 Å². The van der Waals surface area contributed by atoms with Gasteiger partial charge in [-0.3, -0.25) is 0 Å². The van der Waals surface area contributed by atoms with Crippen molar-refractivity contribution in [3.05, 3.63) is 136 Å². The van der Waals surface area contributed by atoms with E-state index in [1.165, 1.54) is 0 Å². The van der Waals surface area contributed by atoms with Gasteiger partial charge < -0.3 is 30.0 Å². The Morgan fingerprint density at radius 2 is 1.37 bits per heavy atom. The van der Waals surface area contributed by atoms with Gasteiger partial charge in [-0.25, -0.2) is 9.59 Å². The lowest BCUT2D eigenvalue weighted by Gasteiger charge is -2.38. The van der Waals surface area contributed by atoms with Gasteiger partial charge in [0.05, 0.1) is 29.3 Å². The maximum absolute atomic E-state index is 14.2. The number of rotatable bonds is 15. The molecule has 0 amide bonds. The van der Waals surface area contributed by atoms with Crippen LogP contribution in [0, 0.1) is 12.8 Å². The van der Waals surface area contributed by atoms with Crippen molar-refractivity contribution in [2.75, 3.05) is 26.1 Å². The Morgan fingerprint density at radius 3 is 1.96 bits per heavy atom. The lowest BCUT2D eigenvalue weighted by molar-refractivity contribution is -0.0985. The molecule has 8 heteroatoms. The van der Waals surface area contributed by atoms with Crippen molar-refractivity contribution in [3.63, 3.8) is 0 Å². The highest BCUT2D eigenvalue weighted by molar-refractivity contribution is 5.91. The molecule has 1 aliphatic carbocycles. The van der Waals surface area contributed by atoms with Crippen LogP contribution >= 0.6 is 0 Å². The van der Waals surface area contributed by atoms with Crippen LogP contribution < -0.4 is 11.1 Å². The third-order valence-corrected chi connectivity index (χ3v) is 10.3. The van der Waals surface area contributed by atoms with E-state index in [0.29, 0.717) is 11.1 Å². The number of unbranched alkanes of at least 4 members (excludes halogenated alkanes) is 1. The first-order chi connectivity index (χ1) is 25.2. The number of hydrogen-bond donors (Lipinski definition) is 2. The second-order valence-corrected chi connectivity index (χ2v) is 13.8. The van der Waals surface area contributed by atoms with E-state index in [2.05, 4.69) is 19.2 Å². The molecular weight excluding hydrogens is 652 g/mol. The summed E-state index contributed by atoms with van der Waals surface area (Å²) < 4.78 is 25.6. The van der Waals surface area contributed by atoms with E-state index in [-0.39, 0.29) is 6.04 Å². The first kappa shape index (κ1) is 38.7. The summed E-state index contributed by atoms with van der Waals surface area (Å²) in [5.74, 6) is -2.04. The molecule has 3 N–H and O–H groups in total. The summed E-state index contributed by atoms with van der Waals surface area (Å²) in [5, 5.41) is 3.39. The maximum atomic E-state index is 14.2. The summed E-state index contributed by atoms with van der Waals surface area (Å²) in [5.41, 5.74) is 12.8. The van der Waals surface area contributed by atoms with E-state index >= 15 is 0 Å². The van der Waals surface area contributed by atoms with Crippen molar-refractivity contribution >= 4 is 17.6 Å². The van der Waals surface area contributed by atoms with E-state index in [0.717, 1.165) is 65.7 Å². The molecule has 0 bridgehead atoms. The van der Waals surface area contributed by atoms with Crippen LogP contribution in [0.5, 0.6) is 0 Å². The van der Waals surface area contributed by atoms with Crippen molar-refractivity contribution < 1.29 is 28.5 Å². The minimum absolute atomic E-state index is 0.119. The second-order valence-electron chi connectivity index (χ2n) is 13.8. The number of methoxy groups -OCH3 is 2. The molecule has 0 saturated carbocycles. The number of fused-ring (bicyclic) bond motifs is 1. The predicted octanol–water partition coefficient (Wildman–Crippen LogP) is 9.27. The zero-order valence-corrected chi connectivity index (χ0v) is 31.3. The number of anilines is 1. The van der Waals surface area contributed by atoms with Gasteiger partial charge in [-0.15, -0.1) is 0 Å². The molecule has 0 aromatic heterocycles. The third kappa shape index (κ3) is 8.75. The maximum Gasteiger partial charge on any atom is 0.338 e. The molecule has 0 saturated heterocycles. The van der Waals surface area contributed by atoms with E-state index in [4.69, 9.17) is 24.7 Å². The molecule has 8 nitrogen and oxygen atoms in total. The molecule has 0 aliphatic heterocycles. The Bertz CT molecular complexity index is 1760. The molecule has 0 fully saturated rings. The molecule has 1 aliphatic rings. The summed E-state index contributed by atoms with van der Waals surface area (Å²) in [7, 11) is 3.32. The average molecular weight is 707 g/mol. The van der Waals surface area contributed by atoms with Gasteiger partial charge in [-0.2, -0.15) is 0 Å². The zero-order valence-electron chi connectivity index (χ0n) is 31.3. The fraction of sp³-hybridized carbons (Fsp3) is 0.409. The molecule has 0 radical (unpaired) electrons.